The molecule has 40 heavy (non-hydrogen) atoms. The number of amidine groups is 1. The predicted octanol–water partition coefficient (Wildman–Crippen LogP) is 5.01. The molecule has 0 spiro atoms. The van der Waals surface area contributed by atoms with E-state index >= 15 is 0 Å². The fraction of sp³-hybridized carbons (Fsp3) is 0.231. The van der Waals surface area contributed by atoms with Crippen LogP contribution in [0.1, 0.15) is 41.6 Å². The molecule has 4 rings (SSSR count). The SMILES string of the molecule is O=C(Nc1ccc(S(=O)(=O)NC2=NCCCCC2)cc1)c1cccc(S(=O)(=O)Nc2cccc(C(F)(F)F)c2)c1. The Labute approximate surface area is 229 Å². The molecular formula is C26H25F3N4O5S2. The van der Waals surface area contributed by atoms with Crippen molar-refractivity contribution in [3.05, 3.63) is 83.9 Å². The van der Waals surface area contributed by atoms with E-state index in [2.05, 4.69) is 19.8 Å². The first-order chi connectivity index (χ1) is 18.8. The number of nitrogens with zero attached hydrogens (tertiary/aromatic N) is 1. The highest BCUT2D eigenvalue weighted by Gasteiger charge is 2.31. The van der Waals surface area contributed by atoms with Crippen molar-refractivity contribution in [2.75, 3.05) is 16.6 Å². The van der Waals surface area contributed by atoms with Gasteiger partial charge in [-0.3, -0.25) is 19.2 Å². The first kappa shape index (κ1) is 29.1. The third kappa shape index (κ3) is 7.39. The maximum atomic E-state index is 13.0. The lowest BCUT2D eigenvalue weighted by Crippen LogP contribution is -2.30. The number of alkyl halides is 3. The van der Waals surface area contributed by atoms with Crippen molar-refractivity contribution >= 4 is 43.2 Å². The summed E-state index contributed by atoms with van der Waals surface area (Å²) in [7, 11) is -8.18. The van der Waals surface area contributed by atoms with Gasteiger partial charge in [0.1, 0.15) is 5.84 Å². The number of amides is 1. The molecule has 0 unspecified atom stereocenters. The molecule has 0 aromatic heterocycles. The molecule has 3 aromatic carbocycles. The van der Waals surface area contributed by atoms with E-state index in [1.54, 1.807) is 0 Å². The molecule has 1 aliphatic rings. The highest BCUT2D eigenvalue weighted by atomic mass is 32.2. The van der Waals surface area contributed by atoms with E-state index in [4.69, 9.17) is 0 Å². The van der Waals surface area contributed by atoms with Gasteiger partial charge in [0.15, 0.2) is 0 Å². The van der Waals surface area contributed by atoms with E-state index in [0.29, 0.717) is 24.9 Å². The maximum Gasteiger partial charge on any atom is 0.416 e. The summed E-state index contributed by atoms with van der Waals surface area (Å²) in [6.07, 6.45) is -1.39. The summed E-state index contributed by atoms with van der Waals surface area (Å²) < 4.78 is 94.5. The lowest BCUT2D eigenvalue weighted by molar-refractivity contribution is -0.137. The topological polar surface area (TPSA) is 134 Å². The molecule has 1 amide bonds. The van der Waals surface area contributed by atoms with Gasteiger partial charge < -0.3 is 5.32 Å². The second kappa shape index (κ2) is 11.7. The van der Waals surface area contributed by atoms with Crippen LogP contribution in [0.3, 0.4) is 0 Å². The second-order valence-corrected chi connectivity index (χ2v) is 12.3. The normalized spacial score (nSPS) is 14.5. The zero-order valence-corrected chi connectivity index (χ0v) is 22.5. The summed E-state index contributed by atoms with van der Waals surface area (Å²) in [5.74, 6) is -0.273. The monoisotopic (exact) mass is 594 g/mol. The van der Waals surface area contributed by atoms with E-state index in [-0.39, 0.29) is 26.7 Å². The Kier molecular flexibility index (Phi) is 8.49. The van der Waals surface area contributed by atoms with Gasteiger partial charge in [-0.15, -0.1) is 0 Å². The molecule has 3 N–H and O–H groups in total. The van der Waals surface area contributed by atoms with Gasteiger partial charge in [0.25, 0.3) is 26.0 Å². The van der Waals surface area contributed by atoms with Gasteiger partial charge in [-0.2, -0.15) is 13.2 Å². The largest absolute Gasteiger partial charge is 0.416 e. The quantitative estimate of drug-likeness (QED) is 0.354. The first-order valence-corrected chi connectivity index (χ1v) is 15.1. The van der Waals surface area contributed by atoms with Crippen molar-refractivity contribution in [1.29, 1.82) is 0 Å². The summed E-state index contributed by atoms with van der Waals surface area (Å²) in [4.78, 5) is 16.7. The Hall–Kier alpha value is -3.91. The number of sulfonamides is 2. The number of anilines is 2. The van der Waals surface area contributed by atoms with Crippen molar-refractivity contribution < 1.29 is 34.8 Å². The van der Waals surface area contributed by atoms with Gasteiger partial charge in [0.05, 0.1) is 15.4 Å². The summed E-state index contributed by atoms with van der Waals surface area (Å²) in [5.41, 5.74) is -1.10. The van der Waals surface area contributed by atoms with Crippen molar-refractivity contribution in [3.8, 4) is 0 Å². The Morgan fingerprint density at radius 2 is 1.45 bits per heavy atom. The Balaban J connectivity index is 1.45. The van der Waals surface area contributed by atoms with Crippen LogP contribution in [0.15, 0.2) is 87.6 Å². The number of hydrogen-bond donors (Lipinski definition) is 3. The van der Waals surface area contributed by atoms with Crippen LogP contribution in [-0.2, 0) is 26.2 Å². The van der Waals surface area contributed by atoms with Crippen molar-refractivity contribution in [2.24, 2.45) is 4.99 Å². The highest BCUT2D eigenvalue weighted by molar-refractivity contribution is 7.92. The third-order valence-corrected chi connectivity index (χ3v) is 8.67. The Morgan fingerprint density at radius 1 is 0.750 bits per heavy atom. The molecule has 0 saturated carbocycles. The van der Waals surface area contributed by atoms with E-state index in [1.807, 2.05) is 0 Å². The van der Waals surface area contributed by atoms with E-state index in [9.17, 15) is 34.8 Å². The molecular weight excluding hydrogens is 569 g/mol. The number of rotatable bonds is 7. The van der Waals surface area contributed by atoms with Crippen LogP contribution in [0.5, 0.6) is 0 Å². The van der Waals surface area contributed by atoms with Gasteiger partial charge in [-0.25, -0.2) is 16.8 Å². The predicted molar refractivity (Wildman–Crippen MR) is 144 cm³/mol. The molecule has 1 aliphatic heterocycles. The number of carbonyl (C=O) groups is 1. The molecule has 1 heterocycles. The minimum Gasteiger partial charge on any atom is -0.322 e. The van der Waals surface area contributed by atoms with Crippen LogP contribution < -0.4 is 14.8 Å². The second-order valence-electron chi connectivity index (χ2n) is 8.93. The molecule has 9 nitrogen and oxygen atoms in total. The fourth-order valence-electron chi connectivity index (χ4n) is 3.87. The van der Waals surface area contributed by atoms with Gasteiger partial charge in [0, 0.05) is 29.9 Å². The lowest BCUT2D eigenvalue weighted by atomic mass is 10.2. The molecule has 212 valence electrons. The third-order valence-electron chi connectivity index (χ3n) is 5.90. The van der Waals surface area contributed by atoms with Crippen LogP contribution in [0, 0.1) is 0 Å². The summed E-state index contributed by atoms with van der Waals surface area (Å²) in [5, 5.41) is 2.56. The number of benzene rings is 3. The molecule has 14 heteroatoms. The summed E-state index contributed by atoms with van der Waals surface area (Å²) in [6.45, 7) is 0.562. The van der Waals surface area contributed by atoms with Crippen molar-refractivity contribution in [1.82, 2.24) is 4.72 Å². The van der Waals surface area contributed by atoms with E-state index in [0.717, 1.165) is 37.5 Å². The highest BCUT2D eigenvalue weighted by Crippen LogP contribution is 2.31. The maximum absolute atomic E-state index is 13.0. The Morgan fingerprint density at radius 3 is 2.17 bits per heavy atom. The number of aliphatic imine (C=N–C) groups is 1. The van der Waals surface area contributed by atoms with Crippen molar-refractivity contribution in [2.45, 2.75) is 41.7 Å². The van der Waals surface area contributed by atoms with Gasteiger partial charge >= 0.3 is 6.18 Å². The van der Waals surface area contributed by atoms with Crippen LogP contribution >= 0.6 is 0 Å². The minimum absolute atomic E-state index is 0.0220. The molecule has 0 aliphatic carbocycles. The average Bonchev–Trinajstić information content (AvgIpc) is 3.17. The molecule has 0 fully saturated rings. The Bertz CT molecular complexity index is 1640. The van der Waals surface area contributed by atoms with Crippen LogP contribution in [0.2, 0.25) is 0 Å². The van der Waals surface area contributed by atoms with Crippen LogP contribution in [-0.4, -0.2) is 35.1 Å². The standard InChI is InChI=1S/C26H25F3N4O5S2/c27-26(28,29)19-7-5-8-21(17-19)32-40(37,38)23-9-4-6-18(16-23)25(34)31-20-11-13-22(14-12-20)39(35,36)33-24-10-2-1-3-15-30-24/h4-9,11-14,16-17,32H,1-3,10,15H2,(H,30,33)(H,31,34). The smallest absolute Gasteiger partial charge is 0.322 e. The molecule has 0 saturated heterocycles. The van der Waals surface area contributed by atoms with E-state index < -0.39 is 37.7 Å². The van der Waals surface area contributed by atoms with Gasteiger partial charge in [0.2, 0.25) is 0 Å². The van der Waals surface area contributed by atoms with Crippen LogP contribution in [0.25, 0.3) is 0 Å². The molecule has 3 aromatic rings. The number of halogens is 3. The molecule has 0 radical (unpaired) electrons. The van der Waals surface area contributed by atoms with Gasteiger partial charge in [-0.05, 0) is 73.5 Å². The zero-order valence-electron chi connectivity index (χ0n) is 20.9. The zero-order chi connectivity index (χ0) is 29.0. The first-order valence-electron chi connectivity index (χ1n) is 12.1. The molecule has 0 atom stereocenters. The number of nitrogens with one attached hydrogen (secondary N) is 3. The number of carbonyl (C=O) groups excluding carboxylic acids is 1. The molecule has 0 bridgehead atoms. The van der Waals surface area contributed by atoms with E-state index in [1.165, 1.54) is 48.5 Å². The summed E-state index contributed by atoms with van der Waals surface area (Å²) in [6, 6.07) is 14.1. The van der Waals surface area contributed by atoms with Crippen LogP contribution in [0.4, 0.5) is 24.5 Å². The minimum atomic E-state index is -4.65. The average molecular weight is 595 g/mol. The summed E-state index contributed by atoms with van der Waals surface area (Å²) >= 11 is 0. The van der Waals surface area contributed by atoms with Gasteiger partial charge in [-0.1, -0.05) is 18.6 Å². The number of hydrogen-bond acceptors (Lipinski definition) is 6. The fourth-order valence-corrected chi connectivity index (χ4v) is 6.05. The lowest BCUT2D eigenvalue weighted by Gasteiger charge is -2.12. The van der Waals surface area contributed by atoms with Crippen molar-refractivity contribution in [3.63, 3.8) is 0 Å².